The van der Waals surface area contributed by atoms with Crippen molar-refractivity contribution in [2.24, 2.45) is 5.41 Å². The number of methoxy groups -OCH3 is 1. The normalized spacial score (nSPS) is 19.5. The number of aromatic nitrogens is 3. The van der Waals surface area contributed by atoms with E-state index >= 15 is 0 Å². The van der Waals surface area contributed by atoms with E-state index in [1.165, 1.54) is 0 Å². The SMILES string of the molecule is COCCCN1CC2(CCN(C(=O)CCc3n[nH]c(C)n3)CC2)CC1=O. The van der Waals surface area contributed by atoms with Gasteiger partial charge in [0.15, 0.2) is 5.82 Å². The van der Waals surface area contributed by atoms with E-state index in [4.69, 9.17) is 4.74 Å². The zero-order valence-electron chi connectivity index (χ0n) is 15.8. The summed E-state index contributed by atoms with van der Waals surface area (Å²) in [7, 11) is 1.68. The monoisotopic (exact) mass is 363 g/mol. The Labute approximate surface area is 154 Å². The van der Waals surface area contributed by atoms with Gasteiger partial charge in [0.2, 0.25) is 11.8 Å². The number of carbonyl (C=O) groups excluding carboxylic acids is 2. The van der Waals surface area contributed by atoms with Crippen LogP contribution in [0.15, 0.2) is 0 Å². The predicted octanol–water partition coefficient (Wildman–Crippen LogP) is 0.923. The second-order valence-electron chi connectivity index (χ2n) is 7.56. The van der Waals surface area contributed by atoms with Crippen molar-refractivity contribution in [1.29, 1.82) is 0 Å². The summed E-state index contributed by atoms with van der Waals surface area (Å²) in [6.07, 6.45) is 4.32. The number of carbonyl (C=O) groups is 2. The minimum absolute atomic E-state index is 0.0573. The fraction of sp³-hybridized carbons (Fsp3) is 0.778. The minimum Gasteiger partial charge on any atom is -0.385 e. The molecule has 0 radical (unpaired) electrons. The topological polar surface area (TPSA) is 91.4 Å². The molecule has 0 saturated carbocycles. The number of aryl methyl sites for hydroxylation is 2. The number of nitrogens with one attached hydrogen (secondary N) is 1. The van der Waals surface area contributed by atoms with Crippen molar-refractivity contribution in [2.75, 3.05) is 39.9 Å². The summed E-state index contributed by atoms with van der Waals surface area (Å²) in [5.74, 6) is 1.87. The molecular formula is C18H29N5O3. The lowest BCUT2D eigenvalue weighted by molar-refractivity contribution is -0.133. The van der Waals surface area contributed by atoms with Crippen LogP contribution in [-0.4, -0.2) is 76.7 Å². The number of piperidine rings is 1. The molecule has 1 N–H and O–H groups in total. The fourth-order valence-electron chi connectivity index (χ4n) is 4.03. The van der Waals surface area contributed by atoms with Gasteiger partial charge in [0.25, 0.3) is 0 Å². The highest BCUT2D eigenvalue weighted by molar-refractivity contribution is 5.80. The summed E-state index contributed by atoms with van der Waals surface area (Å²) in [5, 5.41) is 6.88. The molecule has 1 aromatic rings. The van der Waals surface area contributed by atoms with Gasteiger partial charge in [0.05, 0.1) is 0 Å². The van der Waals surface area contributed by atoms with Gasteiger partial charge in [-0.1, -0.05) is 0 Å². The van der Waals surface area contributed by atoms with Crippen molar-refractivity contribution < 1.29 is 14.3 Å². The number of ether oxygens (including phenoxy) is 1. The lowest BCUT2D eigenvalue weighted by atomic mass is 9.77. The highest BCUT2D eigenvalue weighted by Crippen LogP contribution is 2.41. The zero-order valence-corrected chi connectivity index (χ0v) is 15.8. The van der Waals surface area contributed by atoms with E-state index in [-0.39, 0.29) is 17.2 Å². The highest BCUT2D eigenvalue weighted by Gasteiger charge is 2.45. The molecule has 0 atom stereocenters. The summed E-state index contributed by atoms with van der Waals surface area (Å²) in [6.45, 7) is 5.62. The Morgan fingerprint density at radius 3 is 2.77 bits per heavy atom. The Hall–Kier alpha value is -1.96. The van der Waals surface area contributed by atoms with Gasteiger partial charge in [-0.2, -0.15) is 5.10 Å². The van der Waals surface area contributed by atoms with Gasteiger partial charge in [0.1, 0.15) is 5.82 Å². The van der Waals surface area contributed by atoms with Crippen molar-refractivity contribution in [3.05, 3.63) is 11.6 Å². The first-order chi connectivity index (χ1) is 12.5. The van der Waals surface area contributed by atoms with Gasteiger partial charge in [-0.25, -0.2) is 4.98 Å². The molecule has 3 rings (SSSR count). The van der Waals surface area contributed by atoms with Crippen LogP contribution in [0.25, 0.3) is 0 Å². The molecule has 3 heterocycles. The first-order valence-electron chi connectivity index (χ1n) is 9.44. The smallest absolute Gasteiger partial charge is 0.223 e. The molecule has 0 unspecified atom stereocenters. The summed E-state index contributed by atoms with van der Waals surface area (Å²) in [5.41, 5.74) is 0.0573. The van der Waals surface area contributed by atoms with Crippen molar-refractivity contribution >= 4 is 11.8 Å². The quantitative estimate of drug-likeness (QED) is 0.728. The maximum atomic E-state index is 12.5. The Bertz CT molecular complexity index is 637. The molecule has 144 valence electrons. The third kappa shape index (κ3) is 4.41. The molecule has 0 aromatic carbocycles. The van der Waals surface area contributed by atoms with Crippen molar-refractivity contribution in [3.8, 4) is 0 Å². The lowest BCUT2D eigenvalue weighted by Crippen LogP contribution is -2.44. The van der Waals surface area contributed by atoms with Gasteiger partial charge in [-0.05, 0) is 26.2 Å². The summed E-state index contributed by atoms with van der Waals surface area (Å²) in [4.78, 5) is 32.9. The molecule has 0 bridgehead atoms. The van der Waals surface area contributed by atoms with E-state index in [0.717, 1.165) is 51.3 Å². The molecule has 2 saturated heterocycles. The molecule has 0 aliphatic carbocycles. The molecule has 8 nitrogen and oxygen atoms in total. The summed E-state index contributed by atoms with van der Waals surface area (Å²) < 4.78 is 5.08. The molecule has 2 aliphatic rings. The van der Waals surface area contributed by atoms with Gasteiger partial charge >= 0.3 is 0 Å². The highest BCUT2D eigenvalue weighted by atomic mass is 16.5. The largest absolute Gasteiger partial charge is 0.385 e. The average Bonchev–Trinajstić information content (AvgIpc) is 3.17. The number of aromatic amines is 1. The van der Waals surface area contributed by atoms with Crippen molar-refractivity contribution in [2.45, 2.75) is 45.4 Å². The number of hydrogen-bond donors (Lipinski definition) is 1. The summed E-state index contributed by atoms with van der Waals surface area (Å²) >= 11 is 0. The maximum Gasteiger partial charge on any atom is 0.223 e. The van der Waals surface area contributed by atoms with E-state index in [1.54, 1.807) is 7.11 Å². The molecule has 2 amide bonds. The molecule has 1 aromatic heterocycles. The number of likely N-dealkylation sites (tertiary alicyclic amines) is 2. The number of H-pyrrole nitrogens is 1. The van der Waals surface area contributed by atoms with Gasteiger partial charge < -0.3 is 14.5 Å². The van der Waals surface area contributed by atoms with Crippen LogP contribution < -0.4 is 0 Å². The van der Waals surface area contributed by atoms with Crippen molar-refractivity contribution in [1.82, 2.24) is 25.0 Å². The molecular weight excluding hydrogens is 334 g/mol. The second-order valence-corrected chi connectivity index (χ2v) is 7.56. The van der Waals surface area contributed by atoms with Gasteiger partial charge in [-0.3, -0.25) is 14.7 Å². The number of amides is 2. The van der Waals surface area contributed by atoms with Crippen LogP contribution in [-0.2, 0) is 20.7 Å². The Balaban J connectivity index is 1.44. The predicted molar refractivity (Wildman–Crippen MR) is 95.4 cm³/mol. The zero-order chi connectivity index (χ0) is 18.6. The van der Waals surface area contributed by atoms with E-state index in [2.05, 4.69) is 15.2 Å². The first-order valence-corrected chi connectivity index (χ1v) is 9.44. The van der Waals surface area contributed by atoms with E-state index in [0.29, 0.717) is 31.7 Å². The number of rotatable bonds is 7. The van der Waals surface area contributed by atoms with Crippen LogP contribution in [0.2, 0.25) is 0 Å². The van der Waals surface area contributed by atoms with Crippen LogP contribution in [0.3, 0.4) is 0 Å². The van der Waals surface area contributed by atoms with Crippen LogP contribution >= 0.6 is 0 Å². The summed E-state index contributed by atoms with van der Waals surface area (Å²) in [6, 6.07) is 0. The third-order valence-electron chi connectivity index (χ3n) is 5.56. The van der Waals surface area contributed by atoms with E-state index < -0.39 is 0 Å². The maximum absolute atomic E-state index is 12.5. The fourth-order valence-corrected chi connectivity index (χ4v) is 4.03. The molecule has 8 heteroatoms. The number of hydrogen-bond acceptors (Lipinski definition) is 5. The van der Waals surface area contributed by atoms with Gasteiger partial charge in [0, 0.05) is 64.6 Å². The lowest BCUT2D eigenvalue weighted by Gasteiger charge is -2.38. The Morgan fingerprint density at radius 2 is 2.12 bits per heavy atom. The average molecular weight is 363 g/mol. The first kappa shape index (κ1) is 18.8. The molecule has 26 heavy (non-hydrogen) atoms. The second kappa shape index (κ2) is 8.16. The minimum atomic E-state index is 0.0573. The van der Waals surface area contributed by atoms with Crippen LogP contribution in [0.4, 0.5) is 0 Å². The van der Waals surface area contributed by atoms with Crippen LogP contribution in [0.1, 0.15) is 43.8 Å². The third-order valence-corrected chi connectivity index (χ3v) is 5.56. The molecule has 2 fully saturated rings. The molecule has 2 aliphatic heterocycles. The Kier molecular flexibility index (Phi) is 5.90. The van der Waals surface area contributed by atoms with E-state index in [1.807, 2.05) is 16.7 Å². The van der Waals surface area contributed by atoms with E-state index in [9.17, 15) is 9.59 Å². The standard InChI is InChI=1S/C18H29N5O3/c1-14-19-15(21-20-14)4-5-16(24)22-9-6-18(7-10-22)12-17(25)23(13-18)8-3-11-26-2/h3-13H2,1-2H3,(H,19,20,21). The van der Waals surface area contributed by atoms with Crippen LogP contribution in [0, 0.1) is 12.3 Å². The molecule has 1 spiro atoms. The van der Waals surface area contributed by atoms with Crippen molar-refractivity contribution in [3.63, 3.8) is 0 Å². The van der Waals surface area contributed by atoms with Gasteiger partial charge in [-0.15, -0.1) is 0 Å². The number of nitrogens with zero attached hydrogens (tertiary/aromatic N) is 4. The van der Waals surface area contributed by atoms with Crippen LogP contribution in [0.5, 0.6) is 0 Å². The Morgan fingerprint density at radius 1 is 1.35 bits per heavy atom.